The molecule has 0 unspecified atom stereocenters. The number of nitrogens with zero attached hydrogens (tertiary/aromatic N) is 2. The molecule has 1 heterocycles. The number of halogens is 2. The van der Waals surface area contributed by atoms with E-state index in [9.17, 15) is 8.78 Å². The number of hydrogen-bond donors (Lipinski definition) is 1. The van der Waals surface area contributed by atoms with Crippen LogP contribution in [0.4, 0.5) is 20.3 Å². The van der Waals surface area contributed by atoms with Gasteiger partial charge in [-0.25, -0.2) is 0 Å². The van der Waals surface area contributed by atoms with Crippen LogP contribution in [-0.4, -0.2) is 9.97 Å². The number of anilines is 2. The Kier molecular flexibility index (Phi) is 2.53. The average molecular weight is 207 g/mol. The summed E-state index contributed by atoms with van der Waals surface area (Å²) in [5.74, 6) is -0.813. The van der Waals surface area contributed by atoms with Gasteiger partial charge >= 0.3 is 6.08 Å². The van der Waals surface area contributed by atoms with Crippen molar-refractivity contribution in [3.05, 3.63) is 48.4 Å². The molecule has 0 amide bonds. The third-order valence-corrected chi connectivity index (χ3v) is 1.71. The molecule has 1 N–H and O–H groups in total. The molecule has 0 aliphatic rings. The van der Waals surface area contributed by atoms with Gasteiger partial charge in [0.25, 0.3) is 0 Å². The molecule has 76 valence electrons. The van der Waals surface area contributed by atoms with Crippen molar-refractivity contribution < 1.29 is 8.78 Å². The minimum Gasteiger partial charge on any atom is -0.340 e. The monoisotopic (exact) mass is 207 g/mol. The molecule has 0 saturated carbocycles. The summed E-state index contributed by atoms with van der Waals surface area (Å²) in [7, 11) is 0. The van der Waals surface area contributed by atoms with Crippen LogP contribution >= 0.6 is 0 Å². The zero-order chi connectivity index (χ0) is 10.7. The maximum absolute atomic E-state index is 12.7. The number of hydrogen-bond acceptors (Lipinski definition) is 3. The van der Waals surface area contributed by atoms with E-state index in [0.29, 0.717) is 5.69 Å². The molecule has 5 heteroatoms. The van der Waals surface area contributed by atoms with Crippen LogP contribution in [-0.2, 0) is 0 Å². The Labute approximate surface area is 84.8 Å². The van der Waals surface area contributed by atoms with Gasteiger partial charge in [0.1, 0.15) is 5.82 Å². The van der Waals surface area contributed by atoms with Crippen LogP contribution < -0.4 is 5.32 Å². The molecular weight excluding hydrogens is 200 g/mol. The minimum atomic E-state index is -1.09. The van der Waals surface area contributed by atoms with Gasteiger partial charge in [-0.3, -0.25) is 0 Å². The van der Waals surface area contributed by atoms with Crippen molar-refractivity contribution in [2.75, 3.05) is 5.32 Å². The number of nitrogens with one attached hydrogen (secondary N) is 1. The first kappa shape index (κ1) is 9.51. The van der Waals surface area contributed by atoms with Gasteiger partial charge in [-0.15, -0.1) is 0 Å². The van der Waals surface area contributed by atoms with Gasteiger partial charge in [-0.2, -0.15) is 18.7 Å². The summed E-state index contributed by atoms with van der Waals surface area (Å²) < 4.78 is 25.3. The van der Waals surface area contributed by atoms with Gasteiger partial charge < -0.3 is 5.32 Å². The van der Waals surface area contributed by atoms with Crippen LogP contribution in [0, 0.1) is 12.0 Å². The average Bonchev–Trinajstić information content (AvgIpc) is 2.17. The molecule has 0 aliphatic carbocycles. The summed E-state index contributed by atoms with van der Waals surface area (Å²) in [6.07, 6.45) is -1.09. The fraction of sp³-hybridized carbons (Fsp3) is 0. The predicted molar refractivity (Wildman–Crippen MR) is 51.7 cm³/mol. The fourth-order valence-electron chi connectivity index (χ4n) is 1.12. The Morgan fingerprint density at radius 2 is 1.73 bits per heavy atom. The second-order valence-electron chi connectivity index (χ2n) is 2.84. The smallest absolute Gasteiger partial charge is 0.313 e. The second-order valence-corrected chi connectivity index (χ2v) is 2.84. The van der Waals surface area contributed by atoms with Gasteiger partial charge in [-0.05, 0) is 12.1 Å². The van der Waals surface area contributed by atoms with Crippen molar-refractivity contribution in [3.8, 4) is 0 Å². The first-order valence-corrected chi connectivity index (χ1v) is 4.26. The van der Waals surface area contributed by atoms with E-state index < -0.39 is 12.0 Å². The molecule has 0 bridgehead atoms. The zero-order valence-electron chi connectivity index (χ0n) is 7.61. The lowest BCUT2D eigenvalue weighted by Gasteiger charge is -2.04. The van der Waals surface area contributed by atoms with E-state index in [1.807, 2.05) is 6.07 Å². The van der Waals surface area contributed by atoms with Crippen LogP contribution in [0.1, 0.15) is 0 Å². The van der Waals surface area contributed by atoms with Crippen molar-refractivity contribution in [2.24, 2.45) is 0 Å². The second kappa shape index (κ2) is 4.00. The lowest BCUT2D eigenvalue weighted by molar-refractivity contribution is 0.485. The van der Waals surface area contributed by atoms with Crippen molar-refractivity contribution in [2.45, 2.75) is 0 Å². The highest BCUT2D eigenvalue weighted by Crippen LogP contribution is 2.13. The number of aromatic nitrogens is 2. The molecule has 0 aliphatic heterocycles. The SMILES string of the molecule is Fc1cc(Nc2ccccc2)nc(F)n1. The molecule has 1 aromatic carbocycles. The maximum atomic E-state index is 12.7. The standard InChI is InChI=1S/C10H7F2N3/c11-8-6-9(15-10(12)14-8)13-7-4-2-1-3-5-7/h1-6H,(H,13,14,15). The highest BCUT2D eigenvalue weighted by molar-refractivity contribution is 5.54. The van der Waals surface area contributed by atoms with E-state index in [4.69, 9.17) is 0 Å². The van der Waals surface area contributed by atoms with Gasteiger partial charge in [0, 0.05) is 11.8 Å². The molecule has 2 rings (SSSR count). The van der Waals surface area contributed by atoms with E-state index in [1.165, 1.54) is 0 Å². The normalized spacial score (nSPS) is 10.0. The molecule has 0 saturated heterocycles. The van der Waals surface area contributed by atoms with E-state index in [1.54, 1.807) is 24.3 Å². The molecule has 3 nitrogen and oxygen atoms in total. The van der Waals surface area contributed by atoms with Crippen LogP contribution in [0.25, 0.3) is 0 Å². The Bertz CT molecular complexity index is 439. The van der Waals surface area contributed by atoms with Crippen LogP contribution in [0.3, 0.4) is 0 Å². The van der Waals surface area contributed by atoms with Crippen LogP contribution in [0.5, 0.6) is 0 Å². The van der Waals surface area contributed by atoms with E-state index in [-0.39, 0.29) is 5.82 Å². The molecule has 15 heavy (non-hydrogen) atoms. The summed E-state index contributed by atoms with van der Waals surface area (Å²) in [6.45, 7) is 0. The molecule has 0 atom stereocenters. The van der Waals surface area contributed by atoms with E-state index >= 15 is 0 Å². The third kappa shape index (κ3) is 2.46. The Morgan fingerprint density at radius 1 is 1.00 bits per heavy atom. The highest BCUT2D eigenvalue weighted by atomic mass is 19.1. The molecule has 2 aromatic rings. The topological polar surface area (TPSA) is 37.8 Å². The summed E-state index contributed by atoms with van der Waals surface area (Å²) >= 11 is 0. The summed E-state index contributed by atoms with van der Waals surface area (Å²) in [5.41, 5.74) is 0.704. The van der Waals surface area contributed by atoms with Crippen molar-refractivity contribution in [1.82, 2.24) is 9.97 Å². The zero-order valence-corrected chi connectivity index (χ0v) is 7.61. The lowest BCUT2D eigenvalue weighted by Crippen LogP contribution is -1.99. The minimum absolute atomic E-state index is 0.0891. The Balaban J connectivity index is 2.25. The van der Waals surface area contributed by atoms with E-state index in [2.05, 4.69) is 15.3 Å². The summed E-state index contributed by atoms with van der Waals surface area (Å²) in [4.78, 5) is 6.29. The van der Waals surface area contributed by atoms with Crippen molar-refractivity contribution >= 4 is 11.5 Å². The number of para-hydroxylation sites is 1. The van der Waals surface area contributed by atoms with Crippen molar-refractivity contribution in [1.29, 1.82) is 0 Å². The molecular formula is C10H7F2N3. The van der Waals surface area contributed by atoms with Gasteiger partial charge in [-0.1, -0.05) is 18.2 Å². The van der Waals surface area contributed by atoms with Gasteiger partial charge in [0.05, 0.1) is 0 Å². The largest absolute Gasteiger partial charge is 0.340 e. The predicted octanol–water partition coefficient (Wildman–Crippen LogP) is 2.50. The van der Waals surface area contributed by atoms with Gasteiger partial charge in [0.2, 0.25) is 5.95 Å². The Hall–Kier alpha value is -2.04. The molecule has 1 aromatic heterocycles. The van der Waals surface area contributed by atoms with Crippen molar-refractivity contribution in [3.63, 3.8) is 0 Å². The quantitative estimate of drug-likeness (QED) is 0.607. The first-order valence-electron chi connectivity index (χ1n) is 4.26. The highest BCUT2D eigenvalue weighted by Gasteiger charge is 2.03. The summed E-state index contributed by atoms with van der Waals surface area (Å²) in [6, 6.07) is 9.99. The maximum Gasteiger partial charge on any atom is 0.313 e. The first-order chi connectivity index (χ1) is 7.24. The lowest BCUT2D eigenvalue weighted by atomic mass is 10.3. The van der Waals surface area contributed by atoms with Crippen LogP contribution in [0.15, 0.2) is 36.4 Å². The third-order valence-electron chi connectivity index (χ3n) is 1.71. The van der Waals surface area contributed by atoms with Crippen LogP contribution in [0.2, 0.25) is 0 Å². The number of rotatable bonds is 2. The Morgan fingerprint density at radius 3 is 2.40 bits per heavy atom. The molecule has 0 fully saturated rings. The number of benzene rings is 1. The fourth-order valence-corrected chi connectivity index (χ4v) is 1.12. The van der Waals surface area contributed by atoms with Gasteiger partial charge in [0.15, 0.2) is 0 Å². The molecule has 0 spiro atoms. The summed E-state index contributed by atoms with van der Waals surface area (Å²) in [5, 5.41) is 2.75. The van der Waals surface area contributed by atoms with E-state index in [0.717, 1.165) is 6.07 Å². The molecule has 0 radical (unpaired) electrons.